The molecule has 4 aliphatic heterocycles. The summed E-state index contributed by atoms with van der Waals surface area (Å²) in [6.45, 7) is -0.0227. The van der Waals surface area contributed by atoms with Crippen LogP contribution in [0.4, 0.5) is 0 Å². The monoisotopic (exact) mass is 787 g/mol. The Morgan fingerprint density at radius 2 is 1.51 bits per heavy atom. The molecule has 3 aromatic rings. The van der Waals surface area contributed by atoms with Crippen LogP contribution in [0.5, 0.6) is 40.2 Å². The maximum Gasteiger partial charge on any atom is 0.310 e. The third-order valence-electron chi connectivity index (χ3n) is 10.7. The molecule has 1 aliphatic carbocycles. The van der Waals surface area contributed by atoms with Crippen molar-refractivity contribution in [3.05, 3.63) is 64.7 Å². The first kappa shape index (κ1) is 38.4. The van der Waals surface area contributed by atoms with E-state index >= 15 is 0 Å². The normalized spacial score (nSPS) is 29.4. The average molecular weight is 788 g/mol. The molecular formula is C41H41NO15. The lowest BCUT2D eigenvalue weighted by Gasteiger charge is -2.47. The second kappa shape index (κ2) is 16.2. The molecule has 3 fully saturated rings. The molecule has 5 aliphatic rings. The van der Waals surface area contributed by atoms with Gasteiger partial charge in [-0.05, 0) is 53.1 Å². The third kappa shape index (κ3) is 7.11. The zero-order valence-corrected chi connectivity index (χ0v) is 31.0. The number of hydrogen-bond acceptors (Lipinski definition) is 16. The van der Waals surface area contributed by atoms with Gasteiger partial charge in [0.25, 0.3) is 0 Å². The number of terminal acetylenes is 2. The Morgan fingerprint density at radius 3 is 2.16 bits per heavy atom. The molecule has 4 N–H and O–H groups in total. The van der Waals surface area contributed by atoms with Crippen LogP contribution in [0.2, 0.25) is 0 Å². The van der Waals surface area contributed by atoms with Crippen LogP contribution in [0.25, 0.3) is 0 Å². The van der Waals surface area contributed by atoms with Gasteiger partial charge in [-0.1, -0.05) is 17.9 Å². The number of ether oxygens (including phenoxy) is 12. The van der Waals surface area contributed by atoms with Crippen LogP contribution in [0.1, 0.15) is 34.3 Å². The minimum Gasteiger partial charge on any atom is -0.493 e. The van der Waals surface area contributed by atoms with E-state index in [0.29, 0.717) is 56.8 Å². The summed E-state index contributed by atoms with van der Waals surface area (Å²) in [7, 11) is 2.98. The fourth-order valence-electron chi connectivity index (χ4n) is 8.10. The molecule has 0 amide bonds. The number of hydrogen-bond donors (Lipinski definition) is 3. The molecule has 4 heterocycles. The van der Waals surface area contributed by atoms with Crippen molar-refractivity contribution < 1.29 is 71.8 Å². The second-order valence-electron chi connectivity index (χ2n) is 13.8. The maximum atomic E-state index is 13.8. The SMILES string of the molecule is C#CCOc1cccc(OCC#C)c1COc1c(OC)cc([C@@H]2c3cc4c(cc3[C@@H](O[C@@H]3O[C@@H]5CO[C@@H](N)O[C@H]5[C@H](O)[C@H]3O)[C@H]3COC(=O)[C@H]23)OCO4)cc1OC. The third-order valence-corrected chi connectivity index (χ3v) is 10.7. The zero-order valence-electron chi connectivity index (χ0n) is 31.0. The number of fused-ring (bicyclic) bond motifs is 4. The number of aliphatic hydroxyl groups is 2. The quantitative estimate of drug-likeness (QED) is 0.178. The van der Waals surface area contributed by atoms with E-state index in [1.54, 1.807) is 36.4 Å². The molecule has 0 saturated carbocycles. The van der Waals surface area contributed by atoms with Crippen molar-refractivity contribution in [2.75, 3.05) is 47.4 Å². The number of rotatable bonds is 12. The molecule has 0 aromatic heterocycles. The predicted octanol–water partition coefficient (Wildman–Crippen LogP) is 2.13. The fourth-order valence-corrected chi connectivity index (χ4v) is 8.10. The molecule has 8 rings (SSSR count). The molecule has 0 unspecified atom stereocenters. The van der Waals surface area contributed by atoms with Gasteiger partial charge >= 0.3 is 5.97 Å². The number of aliphatic hydroxyl groups excluding tert-OH is 2. The lowest BCUT2D eigenvalue weighted by Crippen LogP contribution is -2.64. The Balaban J connectivity index is 1.16. The minimum atomic E-state index is -1.53. The van der Waals surface area contributed by atoms with Gasteiger partial charge in [-0.3, -0.25) is 10.5 Å². The summed E-state index contributed by atoms with van der Waals surface area (Å²) in [6, 6.07) is 12.4. The summed E-state index contributed by atoms with van der Waals surface area (Å²) in [5, 5.41) is 22.2. The van der Waals surface area contributed by atoms with E-state index in [9.17, 15) is 15.0 Å². The van der Waals surface area contributed by atoms with E-state index in [1.807, 2.05) is 6.07 Å². The van der Waals surface area contributed by atoms with Crippen molar-refractivity contribution in [1.29, 1.82) is 0 Å². The van der Waals surface area contributed by atoms with Crippen LogP contribution in [-0.4, -0.2) is 101 Å². The molecule has 3 aromatic carbocycles. The van der Waals surface area contributed by atoms with Gasteiger partial charge in [-0.25, -0.2) is 0 Å². The first-order valence-electron chi connectivity index (χ1n) is 18.2. The van der Waals surface area contributed by atoms with E-state index in [2.05, 4.69) is 11.8 Å². The van der Waals surface area contributed by atoms with Gasteiger partial charge in [-0.15, -0.1) is 12.8 Å². The molecule has 0 radical (unpaired) electrons. The van der Waals surface area contributed by atoms with Gasteiger partial charge < -0.3 is 67.1 Å². The van der Waals surface area contributed by atoms with E-state index in [-0.39, 0.29) is 45.6 Å². The molecule has 16 heteroatoms. The summed E-state index contributed by atoms with van der Waals surface area (Å²) in [5.74, 6) is 5.15. The maximum absolute atomic E-state index is 13.8. The van der Waals surface area contributed by atoms with Gasteiger partial charge in [0.2, 0.25) is 19.0 Å². The van der Waals surface area contributed by atoms with Gasteiger partial charge in [0.05, 0.1) is 45.0 Å². The van der Waals surface area contributed by atoms with Crippen molar-refractivity contribution in [2.24, 2.45) is 17.6 Å². The van der Waals surface area contributed by atoms with Crippen molar-refractivity contribution >= 4 is 5.97 Å². The summed E-state index contributed by atoms with van der Waals surface area (Å²) >= 11 is 0. The van der Waals surface area contributed by atoms with Crippen LogP contribution in [-0.2, 0) is 35.1 Å². The minimum absolute atomic E-state index is 0.00126. The van der Waals surface area contributed by atoms with Crippen molar-refractivity contribution in [2.45, 2.75) is 55.7 Å². The number of methoxy groups -OCH3 is 2. The van der Waals surface area contributed by atoms with E-state index < -0.39 is 66.9 Å². The van der Waals surface area contributed by atoms with Crippen molar-refractivity contribution in [3.63, 3.8) is 0 Å². The molecule has 57 heavy (non-hydrogen) atoms. The zero-order chi connectivity index (χ0) is 39.8. The molecule has 0 bridgehead atoms. The van der Waals surface area contributed by atoms with Gasteiger partial charge in [-0.2, -0.15) is 0 Å². The summed E-state index contributed by atoms with van der Waals surface area (Å²) in [5.41, 5.74) is 8.24. The number of benzene rings is 3. The van der Waals surface area contributed by atoms with E-state index in [0.717, 1.165) is 0 Å². The summed E-state index contributed by atoms with van der Waals surface area (Å²) in [6.07, 6.45) is 2.98. The molecule has 300 valence electrons. The van der Waals surface area contributed by atoms with Gasteiger partial charge in [0.15, 0.2) is 29.3 Å². The standard InChI is InChI=1S/C41H41NO15/c1-5-10-48-25-8-7-9-26(49-11-6-2)23(25)16-50-37-29(46-3)12-20(13-30(37)47-4)32-21-14-27-28(54-19-53-27)15-22(21)36(24-17-51-39(45)33(24)32)56-40-35(44)34(43)38-31(55-40)18-52-41(42)57-38/h1-2,7-9,12-15,24,31-36,38,40-41,43-44H,10-11,16-19,42H2,3-4H3/t24-,31+,32+,33-,34+,35+,36+,38+,40-,41+/m0/s1. The number of cyclic esters (lactones) is 1. The van der Waals surface area contributed by atoms with E-state index in [1.165, 1.54) is 14.2 Å². The fraction of sp³-hybridized carbons (Fsp3) is 0.439. The van der Waals surface area contributed by atoms with E-state index in [4.69, 9.17) is 75.4 Å². The lowest BCUT2D eigenvalue weighted by molar-refractivity contribution is -0.366. The largest absolute Gasteiger partial charge is 0.493 e. The number of nitrogens with two attached hydrogens (primary N) is 1. The first-order chi connectivity index (χ1) is 27.7. The highest BCUT2D eigenvalue weighted by molar-refractivity contribution is 5.79. The first-order valence-corrected chi connectivity index (χ1v) is 18.2. The number of carbonyl (C=O) groups excluding carboxylic acids is 1. The summed E-state index contributed by atoms with van der Waals surface area (Å²) < 4.78 is 70.6. The number of esters is 1. The smallest absolute Gasteiger partial charge is 0.310 e. The highest BCUT2D eigenvalue weighted by Gasteiger charge is 2.56. The Bertz CT molecular complexity index is 2010. The number of carbonyl (C=O) groups is 1. The highest BCUT2D eigenvalue weighted by Crippen LogP contribution is 2.57. The molecule has 0 spiro atoms. The van der Waals surface area contributed by atoms with Gasteiger partial charge in [0, 0.05) is 11.8 Å². The molecule has 3 saturated heterocycles. The highest BCUT2D eigenvalue weighted by atomic mass is 16.8. The lowest BCUT2D eigenvalue weighted by atomic mass is 9.66. The molecule has 16 nitrogen and oxygen atoms in total. The topological polar surface area (TPSA) is 194 Å². The van der Waals surface area contributed by atoms with Crippen LogP contribution >= 0.6 is 0 Å². The Kier molecular flexibility index (Phi) is 10.9. The Morgan fingerprint density at radius 1 is 0.842 bits per heavy atom. The van der Waals surface area contributed by atoms with Crippen LogP contribution in [0, 0.1) is 36.5 Å². The van der Waals surface area contributed by atoms with Gasteiger partial charge in [0.1, 0.15) is 55.7 Å². The van der Waals surface area contributed by atoms with Crippen molar-refractivity contribution in [3.8, 4) is 64.9 Å². The van der Waals surface area contributed by atoms with Crippen LogP contribution in [0.3, 0.4) is 0 Å². The molecule has 10 atom stereocenters. The molecular weight excluding hydrogens is 746 g/mol. The average Bonchev–Trinajstić information content (AvgIpc) is 3.85. The predicted molar refractivity (Wildman–Crippen MR) is 195 cm³/mol. The van der Waals surface area contributed by atoms with Crippen molar-refractivity contribution in [1.82, 2.24) is 0 Å². The van der Waals surface area contributed by atoms with Crippen LogP contribution < -0.4 is 38.9 Å². The Hall–Kier alpha value is -5.43. The summed E-state index contributed by atoms with van der Waals surface area (Å²) in [4.78, 5) is 13.8. The van der Waals surface area contributed by atoms with Crippen LogP contribution in [0.15, 0.2) is 42.5 Å². The second-order valence-corrected chi connectivity index (χ2v) is 13.8. The Labute approximate surface area is 327 Å².